The minimum Gasteiger partial charge on any atom is -0.481 e. The summed E-state index contributed by atoms with van der Waals surface area (Å²) in [6.07, 6.45) is -4.76. The van der Waals surface area contributed by atoms with Crippen LogP contribution in [0.15, 0.2) is 36.4 Å². The second-order valence-corrected chi connectivity index (χ2v) is 10.1. The second-order valence-electron chi connectivity index (χ2n) is 9.68. The van der Waals surface area contributed by atoms with E-state index >= 15 is 0 Å². The van der Waals surface area contributed by atoms with Crippen LogP contribution in [-0.2, 0) is 32.5 Å². The first-order valence-electron chi connectivity index (χ1n) is 11.3. The largest absolute Gasteiger partial charge is 0.481 e. The molecular formula is C25H23ClF3N3O5. The maximum absolute atomic E-state index is 13.4. The van der Waals surface area contributed by atoms with Crippen molar-refractivity contribution in [2.75, 3.05) is 22.9 Å². The Kier molecular flexibility index (Phi) is 6.48. The number of nitrogens with zero attached hydrogens (tertiary/aromatic N) is 3. The Morgan fingerprint density at radius 3 is 2.43 bits per heavy atom. The van der Waals surface area contributed by atoms with Crippen LogP contribution in [0.5, 0.6) is 0 Å². The van der Waals surface area contributed by atoms with Crippen molar-refractivity contribution in [1.82, 2.24) is 4.90 Å². The van der Waals surface area contributed by atoms with Crippen LogP contribution in [0.2, 0.25) is 5.02 Å². The van der Waals surface area contributed by atoms with Crippen molar-refractivity contribution in [3.8, 4) is 0 Å². The molecule has 1 N–H and O–H groups in total. The molecule has 0 radical (unpaired) electrons. The van der Waals surface area contributed by atoms with E-state index in [1.54, 1.807) is 23.1 Å². The number of benzene rings is 2. The van der Waals surface area contributed by atoms with Gasteiger partial charge in [0.15, 0.2) is 5.92 Å². The number of imide groups is 1. The van der Waals surface area contributed by atoms with Crippen molar-refractivity contribution < 1.29 is 37.5 Å². The number of halogens is 4. The van der Waals surface area contributed by atoms with Crippen LogP contribution in [0.3, 0.4) is 0 Å². The van der Waals surface area contributed by atoms with Crippen LogP contribution in [0, 0.1) is 5.92 Å². The summed E-state index contributed by atoms with van der Waals surface area (Å²) in [6, 6.07) is 7.08. The zero-order valence-corrected chi connectivity index (χ0v) is 20.9. The van der Waals surface area contributed by atoms with Crippen LogP contribution >= 0.6 is 11.6 Å². The van der Waals surface area contributed by atoms with E-state index in [2.05, 4.69) is 0 Å². The fourth-order valence-corrected chi connectivity index (χ4v) is 5.03. The fraction of sp³-hybridized carbons (Fsp3) is 0.360. The van der Waals surface area contributed by atoms with Gasteiger partial charge in [0.1, 0.15) is 0 Å². The number of carboxylic acids is 1. The number of carbonyl (C=O) groups excluding carboxylic acids is 3. The Bertz CT molecular complexity index is 1330. The van der Waals surface area contributed by atoms with Gasteiger partial charge >= 0.3 is 18.2 Å². The molecule has 1 fully saturated rings. The van der Waals surface area contributed by atoms with Gasteiger partial charge in [-0.1, -0.05) is 43.6 Å². The molecule has 2 aromatic carbocycles. The first-order chi connectivity index (χ1) is 17.1. The molecule has 0 aliphatic carbocycles. The van der Waals surface area contributed by atoms with E-state index in [9.17, 15) is 37.5 Å². The zero-order chi connectivity index (χ0) is 27.4. The summed E-state index contributed by atoms with van der Waals surface area (Å²) in [7, 11) is 0. The summed E-state index contributed by atoms with van der Waals surface area (Å²) >= 11 is 5.96. The van der Waals surface area contributed by atoms with Crippen LogP contribution in [-0.4, -0.2) is 46.9 Å². The number of carboxylic acid groups (broad SMARTS) is 1. The highest BCUT2D eigenvalue weighted by atomic mass is 35.5. The van der Waals surface area contributed by atoms with Gasteiger partial charge in [-0.25, -0.2) is 4.79 Å². The molecule has 196 valence electrons. The molecule has 1 saturated heterocycles. The van der Waals surface area contributed by atoms with Gasteiger partial charge in [-0.15, -0.1) is 0 Å². The Morgan fingerprint density at radius 1 is 1.16 bits per heavy atom. The standard InChI is InChI=1S/C25H23ClF3N3O5/c1-13(33)32-12-24(2,3)17-8-7-15(9-19(17)32)30-11-16(22(35)36)21(34)31(23(30)37)10-14-5-4-6-18(20(14)26)25(27,28)29/h4-9,16H,10-12H2,1-3H3,(H,35,36). The number of hydrogen-bond acceptors (Lipinski definition) is 4. The van der Waals surface area contributed by atoms with Gasteiger partial charge in [0, 0.05) is 36.8 Å². The number of urea groups is 1. The number of hydrogen-bond donors (Lipinski definition) is 1. The Balaban J connectivity index is 1.75. The van der Waals surface area contributed by atoms with E-state index in [4.69, 9.17) is 11.6 Å². The van der Waals surface area contributed by atoms with E-state index < -0.39 is 53.7 Å². The molecule has 2 aromatic rings. The van der Waals surface area contributed by atoms with E-state index in [0.29, 0.717) is 17.1 Å². The first kappa shape index (κ1) is 26.5. The topological polar surface area (TPSA) is 98.2 Å². The van der Waals surface area contributed by atoms with Gasteiger partial charge in [-0.05, 0) is 29.3 Å². The van der Waals surface area contributed by atoms with Crippen LogP contribution in [0.4, 0.5) is 29.3 Å². The smallest absolute Gasteiger partial charge is 0.417 e. The third-order valence-corrected chi connectivity index (χ3v) is 7.09. The van der Waals surface area contributed by atoms with Gasteiger partial charge < -0.3 is 10.0 Å². The summed E-state index contributed by atoms with van der Waals surface area (Å²) < 4.78 is 40.0. The summed E-state index contributed by atoms with van der Waals surface area (Å²) in [6.45, 7) is 4.59. The number of alkyl halides is 3. The molecule has 12 heteroatoms. The van der Waals surface area contributed by atoms with Crippen molar-refractivity contribution in [2.45, 2.75) is 38.9 Å². The lowest BCUT2D eigenvalue weighted by molar-refractivity contribution is -0.150. The van der Waals surface area contributed by atoms with E-state index in [1.165, 1.54) is 13.0 Å². The molecule has 2 heterocycles. The minimum atomic E-state index is -4.76. The molecule has 8 nitrogen and oxygen atoms in total. The molecule has 0 saturated carbocycles. The lowest BCUT2D eigenvalue weighted by Crippen LogP contribution is -2.58. The van der Waals surface area contributed by atoms with Gasteiger partial charge in [0.25, 0.3) is 0 Å². The lowest BCUT2D eigenvalue weighted by Gasteiger charge is -2.37. The number of amides is 4. The van der Waals surface area contributed by atoms with Crippen LogP contribution in [0.25, 0.3) is 0 Å². The Labute approximate surface area is 215 Å². The summed E-state index contributed by atoms with van der Waals surface area (Å²) in [5.74, 6) is -4.42. The number of aliphatic carboxylic acids is 1. The van der Waals surface area contributed by atoms with E-state index in [0.717, 1.165) is 22.6 Å². The van der Waals surface area contributed by atoms with E-state index in [1.807, 2.05) is 13.8 Å². The highest BCUT2D eigenvalue weighted by Crippen LogP contribution is 2.43. The molecule has 4 rings (SSSR count). The van der Waals surface area contributed by atoms with Crippen LogP contribution < -0.4 is 9.80 Å². The summed E-state index contributed by atoms with van der Waals surface area (Å²) in [5.41, 5.74) is -0.0134. The molecule has 1 unspecified atom stereocenters. The molecule has 0 aromatic heterocycles. The second kappa shape index (κ2) is 9.05. The van der Waals surface area contributed by atoms with Crippen molar-refractivity contribution in [3.05, 3.63) is 58.1 Å². The van der Waals surface area contributed by atoms with Gasteiger partial charge in [0.2, 0.25) is 11.8 Å². The third kappa shape index (κ3) is 4.63. The van der Waals surface area contributed by atoms with Gasteiger partial charge in [-0.3, -0.25) is 24.2 Å². The quantitative estimate of drug-likeness (QED) is 0.571. The average molecular weight is 538 g/mol. The maximum atomic E-state index is 13.4. The normalized spacial score (nSPS) is 19.3. The molecular weight excluding hydrogens is 515 g/mol. The lowest BCUT2D eigenvalue weighted by atomic mass is 9.87. The van der Waals surface area contributed by atoms with Crippen molar-refractivity contribution in [3.63, 3.8) is 0 Å². The molecule has 37 heavy (non-hydrogen) atoms. The molecule has 0 spiro atoms. The molecule has 2 aliphatic heterocycles. The summed E-state index contributed by atoms with van der Waals surface area (Å²) in [4.78, 5) is 53.7. The molecule has 2 aliphatic rings. The molecule has 4 amide bonds. The van der Waals surface area contributed by atoms with Crippen LogP contribution in [0.1, 0.15) is 37.5 Å². The predicted molar refractivity (Wildman–Crippen MR) is 128 cm³/mol. The fourth-order valence-electron chi connectivity index (χ4n) is 4.73. The van der Waals surface area contributed by atoms with Crippen molar-refractivity contribution in [1.29, 1.82) is 0 Å². The van der Waals surface area contributed by atoms with Gasteiger partial charge in [-0.2, -0.15) is 13.2 Å². The van der Waals surface area contributed by atoms with E-state index in [-0.39, 0.29) is 22.6 Å². The zero-order valence-electron chi connectivity index (χ0n) is 20.1. The monoisotopic (exact) mass is 537 g/mol. The first-order valence-corrected chi connectivity index (χ1v) is 11.6. The maximum Gasteiger partial charge on any atom is 0.417 e. The van der Waals surface area contributed by atoms with Crippen molar-refractivity contribution in [2.24, 2.45) is 5.92 Å². The SMILES string of the molecule is CC(=O)N1CC(C)(C)c2ccc(N3CC(C(=O)O)C(=O)N(Cc4cccc(C(F)(F)F)c4Cl)C3=O)cc21. The predicted octanol–water partition coefficient (Wildman–Crippen LogP) is 4.67. The highest BCUT2D eigenvalue weighted by molar-refractivity contribution is 6.32. The molecule has 0 bridgehead atoms. The minimum absolute atomic E-state index is 0.164. The summed E-state index contributed by atoms with van der Waals surface area (Å²) in [5, 5.41) is 8.99. The highest BCUT2D eigenvalue weighted by Gasteiger charge is 2.45. The number of carbonyl (C=O) groups is 4. The average Bonchev–Trinajstić information content (AvgIpc) is 3.07. The number of rotatable bonds is 4. The number of anilines is 2. The number of fused-ring (bicyclic) bond motifs is 1. The Morgan fingerprint density at radius 2 is 1.84 bits per heavy atom. The molecule has 1 atom stereocenters. The van der Waals surface area contributed by atoms with Gasteiger partial charge in [0.05, 0.1) is 17.1 Å². The third-order valence-electron chi connectivity index (χ3n) is 6.65. The Hall–Kier alpha value is -3.60. The van der Waals surface area contributed by atoms with Crippen molar-refractivity contribution >= 4 is 46.8 Å².